The molecule has 5 N–H and O–H groups in total. The largest absolute Gasteiger partial charge is 0.504 e. The molecule has 0 radical (unpaired) electrons. The molecule has 0 spiro atoms. The molecule has 0 saturated heterocycles. The number of halogens is 2. The van der Waals surface area contributed by atoms with E-state index in [0.29, 0.717) is 12.7 Å². The lowest BCUT2D eigenvalue weighted by Crippen LogP contribution is -2.20. The number of nitrogen functional groups attached to an aromatic ring is 1. The number of sulfone groups is 1. The number of hydrogen-bond acceptors (Lipinski definition) is 10. The number of aromatic nitrogens is 1. The van der Waals surface area contributed by atoms with Gasteiger partial charge in [-0.3, -0.25) is 20.1 Å². The van der Waals surface area contributed by atoms with E-state index < -0.39 is 56.7 Å². The lowest BCUT2D eigenvalue weighted by atomic mass is 10.1. The maximum atomic E-state index is 15.5. The number of rotatable bonds is 11. The molecule has 4 rings (SSSR count). The summed E-state index contributed by atoms with van der Waals surface area (Å²) in [7, 11) is -2.20. The van der Waals surface area contributed by atoms with Gasteiger partial charge in [-0.2, -0.15) is 4.39 Å². The first-order chi connectivity index (χ1) is 19.4. The molecule has 2 aromatic carbocycles. The number of aliphatic carboxylic acids is 1. The molecule has 1 aliphatic heterocycles. The zero-order valence-electron chi connectivity index (χ0n) is 21.5. The fourth-order valence-electron chi connectivity index (χ4n) is 3.93. The highest BCUT2D eigenvalue weighted by atomic mass is 32.2. The van der Waals surface area contributed by atoms with E-state index in [1.807, 2.05) is 0 Å². The number of aliphatic imine (C=N–C) groups is 1. The standard InChI is InChI=1S/C26H25F2N5O7S/c1-33-9-8-31-25(33)16-12-15(41(37,38)10-2-3-21(35)36)5-7-19(16)39-23-17(27)13-32-26(22(23)28)40-20-11-14(24(29)30)4-6-18(20)34/h4-8,11-13,25,34H,2-3,9-10H2,1H3,(H3,29,30)(H,35,36). The van der Waals surface area contributed by atoms with Crippen LogP contribution in [0.25, 0.3) is 0 Å². The van der Waals surface area contributed by atoms with Crippen LogP contribution in [-0.4, -0.2) is 65.9 Å². The van der Waals surface area contributed by atoms with Crippen LogP contribution in [-0.2, 0) is 14.6 Å². The van der Waals surface area contributed by atoms with Gasteiger partial charge in [0.2, 0.25) is 11.6 Å². The highest BCUT2D eigenvalue weighted by Gasteiger charge is 2.28. The number of pyridine rings is 1. The normalized spacial score (nSPS) is 15.1. The Morgan fingerprint density at radius 2 is 1.95 bits per heavy atom. The van der Waals surface area contributed by atoms with Crippen molar-refractivity contribution in [2.75, 3.05) is 19.3 Å². The molecule has 1 aliphatic rings. The minimum Gasteiger partial charge on any atom is -0.504 e. The smallest absolute Gasteiger partial charge is 0.303 e. The molecule has 12 nitrogen and oxygen atoms in total. The number of carbonyl (C=O) groups is 1. The van der Waals surface area contributed by atoms with Crippen molar-refractivity contribution in [3.63, 3.8) is 0 Å². The average Bonchev–Trinajstić information content (AvgIpc) is 3.34. The number of aromatic hydroxyl groups is 1. The van der Waals surface area contributed by atoms with Crippen molar-refractivity contribution in [1.82, 2.24) is 9.88 Å². The highest BCUT2D eigenvalue weighted by molar-refractivity contribution is 7.91. The van der Waals surface area contributed by atoms with Gasteiger partial charge in [0.1, 0.15) is 17.8 Å². The predicted octanol–water partition coefficient (Wildman–Crippen LogP) is 3.59. The van der Waals surface area contributed by atoms with Crippen molar-refractivity contribution >= 4 is 27.9 Å². The van der Waals surface area contributed by atoms with Gasteiger partial charge in [-0.15, -0.1) is 0 Å². The Hall–Kier alpha value is -4.63. The number of carboxylic acid groups (broad SMARTS) is 1. The number of benzene rings is 2. The van der Waals surface area contributed by atoms with Crippen molar-refractivity contribution in [3.8, 4) is 28.9 Å². The highest BCUT2D eigenvalue weighted by Crippen LogP contribution is 2.40. The Labute approximate surface area is 233 Å². The Morgan fingerprint density at radius 3 is 2.61 bits per heavy atom. The summed E-state index contributed by atoms with van der Waals surface area (Å²) < 4.78 is 67.0. The molecular formula is C26H25F2N5O7S. The minimum atomic E-state index is -3.90. The monoisotopic (exact) mass is 589 g/mol. The summed E-state index contributed by atoms with van der Waals surface area (Å²) in [6.45, 7) is 0.415. The number of amidine groups is 1. The van der Waals surface area contributed by atoms with Crippen LogP contribution in [0.4, 0.5) is 8.78 Å². The average molecular weight is 590 g/mol. The van der Waals surface area contributed by atoms with Crippen LogP contribution >= 0.6 is 0 Å². The molecule has 0 saturated carbocycles. The second-order valence-corrected chi connectivity index (χ2v) is 11.1. The van der Waals surface area contributed by atoms with E-state index in [9.17, 15) is 22.7 Å². The summed E-state index contributed by atoms with van der Waals surface area (Å²) in [5.74, 6) is -6.96. The summed E-state index contributed by atoms with van der Waals surface area (Å²) in [5, 5.41) is 26.5. The van der Waals surface area contributed by atoms with Gasteiger partial charge in [-0.05, 0) is 49.9 Å². The number of nitrogens with one attached hydrogen (secondary N) is 1. The van der Waals surface area contributed by atoms with Gasteiger partial charge in [0.15, 0.2) is 27.2 Å². The van der Waals surface area contributed by atoms with Crippen molar-refractivity contribution in [3.05, 3.63) is 65.4 Å². The summed E-state index contributed by atoms with van der Waals surface area (Å²) >= 11 is 0. The van der Waals surface area contributed by atoms with Crippen molar-refractivity contribution in [2.24, 2.45) is 10.7 Å². The van der Waals surface area contributed by atoms with Crippen LogP contribution in [0.3, 0.4) is 0 Å². The lowest BCUT2D eigenvalue weighted by Gasteiger charge is -2.22. The Morgan fingerprint density at radius 1 is 1.20 bits per heavy atom. The minimum absolute atomic E-state index is 0.103. The van der Waals surface area contributed by atoms with Crippen LogP contribution in [0.5, 0.6) is 28.9 Å². The molecule has 0 amide bonds. The molecule has 1 aromatic heterocycles. The third-order valence-electron chi connectivity index (χ3n) is 6.04. The molecule has 1 atom stereocenters. The summed E-state index contributed by atoms with van der Waals surface area (Å²) in [6.07, 6.45) is 1.05. The Balaban J connectivity index is 1.71. The lowest BCUT2D eigenvalue weighted by molar-refractivity contribution is -0.137. The number of carboxylic acids is 1. The van der Waals surface area contributed by atoms with Crippen LogP contribution in [0, 0.1) is 17.0 Å². The molecule has 2 heterocycles. The number of phenols is 1. The Kier molecular flexibility index (Phi) is 8.49. The van der Waals surface area contributed by atoms with Crippen LogP contribution in [0.2, 0.25) is 0 Å². The van der Waals surface area contributed by atoms with Gasteiger partial charge in [-0.1, -0.05) is 0 Å². The van der Waals surface area contributed by atoms with Gasteiger partial charge >= 0.3 is 5.97 Å². The maximum Gasteiger partial charge on any atom is 0.303 e. The van der Waals surface area contributed by atoms with Crippen LogP contribution < -0.4 is 15.2 Å². The second-order valence-electron chi connectivity index (χ2n) is 9.02. The fraction of sp³-hybridized carbons (Fsp3) is 0.231. The molecule has 0 bridgehead atoms. The number of nitrogens with two attached hydrogens (primary N) is 1. The summed E-state index contributed by atoms with van der Waals surface area (Å²) in [5.41, 5.74) is 5.80. The van der Waals surface area contributed by atoms with E-state index in [-0.39, 0.29) is 46.2 Å². The molecule has 0 fully saturated rings. The van der Waals surface area contributed by atoms with E-state index in [1.165, 1.54) is 36.4 Å². The third kappa shape index (κ3) is 6.58. The molecule has 41 heavy (non-hydrogen) atoms. The summed E-state index contributed by atoms with van der Waals surface area (Å²) in [6, 6.07) is 7.37. The molecule has 1 unspecified atom stereocenters. The van der Waals surface area contributed by atoms with Crippen LogP contribution in [0.15, 0.2) is 52.5 Å². The summed E-state index contributed by atoms with van der Waals surface area (Å²) in [4.78, 5) is 20.3. The van der Waals surface area contributed by atoms with Gasteiger partial charge < -0.3 is 25.4 Å². The van der Waals surface area contributed by atoms with E-state index in [4.69, 9.17) is 25.7 Å². The van der Waals surface area contributed by atoms with E-state index in [2.05, 4.69) is 9.98 Å². The predicted molar refractivity (Wildman–Crippen MR) is 143 cm³/mol. The molecule has 216 valence electrons. The fourth-order valence-corrected chi connectivity index (χ4v) is 5.27. The van der Waals surface area contributed by atoms with E-state index in [1.54, 1.807) is 18.2 Å². The number of phenolic OH excluding ortho intramolecular Hbond substituents is 1. The maximum absolute atomic E-state index is 15.5. The molecule has 0 aliphatic carbocycles. The van der Waals surface area contributed by atoms with E-state index in [0.717, 1.165) is 0 Å². The first-order valence-electron chi connectivity index (χ1n) is 12.0. The van der Waals surface area contributed by atoms with Gasteiger partial charge in [-0.25, -0.2) is 17.8 Å². The van der Waals surface area contributed by atoms with Crippen LogP contribution in [0.1, 0.15) is 30.1 Å². The first-order valence-corrected chi connectivity index (χ1v) is 13.7. The number of ether oxygens (including phenoxy) is 2. The second kappa shape index (κ2) is 11.9. The zero-order valence-corrected chi connectivity index (χ0v) is 22.4. The molecule has 3 aromatic rings. The van der Waals surface area contributed by atoms with E-state index >= 15 is 4.39 Å². The SMILES string of the molecule is CN1CC=NC1c1cc(S(=O)(=O)CCCC(=O)O)ccc1Oc1c(F)cnc(Oc2cc(C(=N)N)ccc2O)c1F. The zero-order chi connectivity index (χ0) is 29.9. The quantitative estimate of drug-likeness (QED) is 0.190. The third-order valence-corrected chi connectivity index (χ3v) is 7.84. The van der Waals surface area contributed by atoms with Crippen molar-refractivity contribution < 1.29 is 41.7 Å². The van der Waals surface area contributed by atoms with Gasteiger partial charge in [0.05, 0.1) is 16.8 Å². The van der Waals surface area contributed by atoms with Gasteiger partial charge in [0.25, 0.3) is 5.88 Å². The van der Waals surface area contributed by atoms with Crippen molar-refractivity contribution in [2.45, 2.75) is 23.9 Å². The number of hydrogen-bond donors (Lipinski definition) is 4. The molecular weight excluding hydrogens is 564 g/mol. The van der Waals surface area contributed by atoms with Crippen molar-refractivity contribution in [1.29, 1.82) is 5.41 Å². The molecule has 15 heteroatoms. The Bertz CT molecular complexity index is 1650. The first kappa shape index (κ1) is 29.4. The van der Waals surface area contributed by atoms with Gasteiger partial charge in [0, 0.05) is 30.3 Å². The topological polar surface area (TPSA) is 188 Å². The number of nitrogens with zero attached hydrogens (tertiary/aromatic N) is 3.